The van der Waals surface area contributed by atoms with E-state index in [9.17, 15) is 4.79 Å². The van der Waals surface area contributed by atoms with Crippen LogP contribution in [0, 0.1) is 5.92 Å². The topological polar surface area (TPSA) is 50.4 Å². The van der Waals surface area contributed by atoms with Crippen molar-refractivity contribution in [1.29, 1.82) is 0 Å². The summed E-state index contributed by atoms with van der Waals surface area (Å²) >= 11 is 0. The summed E-state index contributed by atoms with van der Waals surface area (Å²) in [5, 5.41) is 6.15. The summed E-state index contributed by atoms with van der Waals surface area (Å²) in [6, 6.07) is 0. The van der Waals surface area contributed by atoms with E-state index in [2.05, 4.69) is 10.6 Å². The molecule has 0 aromatic carbocycles. The van der Waals surface area contributed by atoms with Crippen molar-refractivity contribution < 1.29 is 9.53 Å². The van der Waals surface area contributed by atoms with Gasteiger partial charge in [-0.1, -0.05) is 0 Å². The zero-order valence-corrected chi connectivity index (χ0v) is 9.34. The molecule has 1 heterocycles. The van der Waals surface area contributed by atoms with Gasteiger partial charge >= 0.3 is 0 Å². The monoisotopic (exact) mass is 212 g/mol. The fourth-order valence-corrected chi connectivity index (χ4v) is 2.11. The van der Waals surface area contributed by atoms with E-state index >= 15 is 0 Å². The maximum Gasteiger partial charge on any atom is 0.220 e. The molecule has 2 fully saturated rings. The number of nitrogens with one attached hydrogen (secondary N) is 2. The van der Waals surface area contributed by atoms with Gasteiger partial charge in [0, 0.05) is 20.1 Å². The van der Waals surface area contributed by atoms with Crippen LogP contribution >= 0.6 is 0 Å². The SMILES string of the molecule is COC1(CNC(=O)CC2CNC2)CCC1. The molecule has 1 aliphatic heterocycles. The minimum Gasteiger partial charge on any atom is -0.376 e. The van der Waals surface area contributed by atoms with E-state index in [-0.39, 0.29) is 11.5 Å². The molecule has 2 aliphatic rings. The van der Waals surface area contributed by atoms with Crippen LogP contribution in [-0.4, -0.2) is 38.3 Å². The maximum absolute atomic E-state index is 11.6. The number of ether oxygens (including phenoxy) is 1. The Morgan fingerprint density at radius 2 is 2.27 bits per heavy atom. The Balaban J connectivity index is 1.65. The van der Waals surface area contributed by atoms with Crippen molar-refractivity contribution >= 4 is 5.91 Å². The lowest BCUT2D eigenvalue weighted by molar-refractivity contribution is -0.126. The molecular formula is C11H20N2O2. The third kappa shape index (κ3) is 2.49. The molecule has 86 valence electrons. The highest BCUT2D eigenvalue weighted by Gasteiger charge is 2.37. The van der Waals surface area contributed by atoms with Gasteiger partial charge in [0.05, 0.1) is 5.60 Å². The van der Waals surface area contributed by atoms with Gasteiger partial charge in [0.25, 0.3) is 0 Å². The quantitative estimate of drug-likeness (QED) is 0.688. The minimum atomic E-state index is -0.0481. The molecule has 0 aromatic rings. The molecule has 1 saturated carbocycles. The molecule has 2 rings (SSSR count). The average Bonchev–Trinajstić information content (AvgIpc) is 2.10. The van der Waals surface area contributed by atoms with Crippen molar-refractivity contribution in [3.8, 4) is 0 Å². The van der Waals surface area contributed by atoms with Gasteiger partial charge in [0.1, 0.15) is 0 Å². The summed E-state index contributed by atoms with van der Waals surface area (Å²) < 4.78 is 5.44. The first kappa shape index (κ1) is 10.9. The molecule has 0 bridgehead atoms. The van der Waals surface area contributed by atoms with E-state index in [1.807, 2.05) is 0 Å². The smallest absolute Gasteiger partial charge is 0.220 e. The molecule has 0 spiro atoms. The van der Waals surface area contributed by atoms with E-state index in [4.69, 9.17) is 4.74 Å². The molecule has 0 atom stereocenters. The van der Waals surface area contributed by atoms with Crippen molar-refractivity contribution in [2.75, 3.05) is 26.7 Å². The number of hydrogen-bond acceptors (Lipinski definition) is 3. The van der Waals surface area contributed by atoms with Crippen LogP contribution < -0.4 is 10.6 Å². The molecule has 1 amide bonds. The average molecular weight is 212 g/mol. The molecule has 15 heavy (non-hydrogen) atoms. The summed E-state index contributed by atoms with van der Waals surface area (Å²) in [6.07, 6.45) is 4.03. The van der Waals surface area contributed by atoms with Crippen LogP contribution in [0.25, 0.3) is 0 Å². The highest BCUT2D eigenvalue weighted by atomic mass is 16.5. The second-order valence-corrected chi connectivity index (χ2v) is 4.75. The predicted molar refractivity (Wildman–Crippen MR) is 57.6 cm³/mol. The zero-order valence-electron chi connectivity index (χ0n) is 9.34. The minimum absolute atomic E-state index is 0.0481. The van der Waals surface area contributed by atoms with E-state index in [1.165, 1.54) is 6.42 Å². The Morgan fingerprint density at radius 3 is 2.67 bits per heavy atom. The highest BCUT2D eigenvalue weighted by molar-refractivity contribution is 5.76. The Kier molecular flexibility index (Phi) is 3.26. The van der Waals surface area contributed by atoms with Crippen LogP contribution in [0.2, 0.25) is 0 Å². The molecule has 1 aliphatic carbocycles. The summed E-state index contributed by atoms with van der Waals surface area (Å²) in [4.78, 5) is 11.6. The summed E-state index contributed by atoms with van der Waals surface area (Å²) in [5.41, 5.74) is -0.0481. The third-order valence-electron chi connectivity index (χ3n) is 3.65. The number of hydrogen-bond donors (Lipinski definition) is 2. The van der Waals surface area contributed by atoms with Crippen molar-refractivity contribution in [3.63, 3.8) is 0 Å². The standard InChI is InChI=1S/C11H20N2O2/c1-15-11(3-2-4-11)8-13-10(14)5-9-6-12-7-9/h9,12H,2-8H2,1H3,(H,13,14). The van der Waals surface area contributed by atoms with Crippen molar-refractivity contribution in [3.05, 3.63) is 0 Å². The van der Waals surface area contributed by atoms with Crippen LogP contribution in [0.4, 0.5) is 0 Å². The number of carbonyl (C=O) groups excluding carboxylic acids is 1. The van der Waals surface area contributed by atoms with Gasteiger partial charge in [-0.25, -0.2) is 0 Å². The van der Waals surface area contributed by atoms with Gasteiger partial charge in [-0.15, -0.1) is 0 Å². The normalized spacial score (nSPS) is 24.1. The number of methoxy groups -OCH3 is 1. The fraction of sp³-hybridized carbons (Fsp3) is 0.909. The largest absolute Gasteiger partial charge is 0.376 e. The molecule has 4 heteroatoms. The van der Waals surface area contributed by atoms with Gasteiger partial charge in [0.2, 0.25) is 5.91 Å². The second-order valence-electron chi connectivity index (χ2n) is 4.75. The maximum atomic E-state index is 11.6. The summed E-state index contributed by atoms with van der Waals surface area (Å²) in [5.74, 6) is 0.717. The summed E-state index contributed by atoms with van der Waals surface area (Å²) in [7, 11) is 1.74. The van der Waals surface area contributed by atoms with Crippen LogP contribution in [-0.2, 0) is 9.53 Å². The highest BCUT2D eigenvalue weighted by Crippen LogP contribution is 2.34. The summed E-state index contributed by atoms with van der Waals surface area (Å²) in [6.45, 7) is 2.66. The Bertz CT molecular complexity index is 229. The first-order valence-electron chi connectivity index (χ1n) is 5.77. The second kappa shape index (κ2) is 4.49. The van der Waals surface area contributed by atoms with Gasteiger partial charge in [-0.2, -0.15) is 0 Å². The fourth-order valence-electron chi connectivity index (χ4n) is 2.11. The Hall–Kier alpha value is -0.610. The Morgan fingerprint density at radius 1 is 1.53 bits per heavy atom. The van der Waals surface area contributed by atoms with Crippen molar-refractivity contribution in [2.45, 2.75) is 31.3 Å². The van der Waals surface area contributed by atoms with Gasteiger partial charge in [0.15, 0.2) is 0 Å². The molecule has 1 saturated heterocycles. The predicted octanol–water partition coefficient (Wildman–Crippen LogP) is 0.281. The molecular weight excluding hydrogens is 192 g/mol. The molecule has 0 aromatic heterocycles. The lowest BCUT2D eigenvalue weighted by Crippen LogP contribution is -2.50. The van der Waals surface area contributed by atoms with Gasteiger partial charge < -0.3 is 15.4 Å². The molecule has 0 unspecified atom stereocenters. The van der Waals surface area contributed by atoms with Crippen LogP contribution in [0.1, 0.15) is 25.7 Å². The lowest BCUT2D eigenvalue weighted by Gasteiger charge is -2.40. The molecule has 2 N–H and O–H groups in total. The number of amides is 1. The van der Waals surface area contributed by atoms with E-state index in [0.717, 1.165) is 25.9 Å². The van der Waals surface area contributed by atoms with Gasteiger partial charge in [-0.05, 0) is 38.3 Å². The first-order valence-corrected chi connectivity index (χ1v) is 5.77. The third-order valence-corrected chi connectivity index (χ3v) is 3.65. The van der Waals surface area contributed by atoms with Crippen LogP contribution in [0.15, 0.2) is 0 Å². The first-order chi connectivity index (χ1) is 7.24. The number of carbonyl (C=O) groups is 1. The molecule has 4 nitrogen and oxygen atoms in total. The number of rotatable bonds is 5. The van der Waals surface area contributed by atoms with E-state index in [0.29, 0.717) is 18.9 Å². The van der Waals surface area contributed by atoms with Crippen LogP contribution in [0.5, 0.6) is 0 Å². The van der Waals surface area contributed by atoms with Crippen molar-refractivity contribution in [2.24, 2.45) is 5.92 Å². The zero-order chi connectivity index (χ0) is 10.7. The van der Waals surface area contributed by atoms with E-state index in [1.54, 1.807) is 7.11 Å². The van der Waals surface area contributed by atoms with E-state index < -0.39 is 0 Å². The van der Waals surface area contributed by atoms with Crippen LogP contribution in [0.3, 0.4) is 0 Å². The van der Waals surface area contributed by atoms with Crippen molar-refractivity contribution in [1.82, 2.24) is 10.6 Å². The lowest BCUT2D eigenvalue weighted by atomic mass is 9.80. The molecule has 0 radical (unpaired) electrons. The Labute approximate surface area is 90.8 Å². The van der Waals surface area contributed by atoms with Gasteiger partial charge in [-0.3, -0.25) is 4.79 Å².